The second-order valence-corrected chi connectivity index (χ2v) is 5.80. The van der Waals surface area contributed by atoms with E-state index in [0.717, 1.165) is 11.0 Å². The monoisotopic (exact) mass is 328 g/mol. The molecule has 3 atom stereocenters. The molecule has 8 nitrogen and oxygen atoms in total. The Morgan fingerprint density at radius 1 is 1.29 bits per heavy atom. The lowest BCUT2D eigenvalue weighted by atomic mass is 10.2. The van der Waals surface area contributed by atoms with Crippen molar-refractivity contribution >= 4 is 16.9 Å². The topological polar surface area (TPSA) is 109 Å². The number of benzene rings is 1. The van der Waals surface area contributed by atoms with E-state index in [1.54, 1.807) is 13.3 Å². The molecule has 3 rings (SSSR count). The summed E-state index contributed by atoms with van der Waals surface area (Å²) in [6, 6.07) is 6.90. The number of fused-ring (bicyclic) bond motifs is 1. The molecule has 0 spiro atoms. The molecule has 3 aromatic rings. The van der Waals surface area contributed by atoms with Crippen LogP contribution in [0.15, 0.2) is 30.6 Å². The Morgan fingerprint density at radius 2 is 2.04 bits per heavy atom. The van der Waals surface area contributed by atoms with Gasteiger partial charge in [-0.05, 0) is 32.9 Å². The van der Waals surface area contributed by atoms with Gasteiger partial charge in [0, 0.05) is 0 Å². The van der Waals surface area contributed by atoms with Gasteiger partial charge >= 0.3 is 0 Å². The van der Waals surface area contributed by atoms with E-state index in [0.29, 0.717) is 11.6 Å². The number of hydrogen-bond donors (Lipinski definition) is 3. The summed E-state index contributed by atoms with van der Waals surface area (Å²) >= 11 is 0. The lowest BCUT2D eigenvalue weighted by molar-refractivity contribution is -0.124. The van der Waals surface area contributed by atoms with Gasteiger partial charge in [0.05, 0.1) is 23.4 Å². The van der Waals surface area contributed by atoms with Gasteiger partial charge in [0.1, 0.15) is 18.0 Å². The van der Waals surface area contributed by atoms with E-state index < -0.39 is 12.1 Å². The summed E-state index contributed by atoms with van der Waals surface area (Å²) in [6.07, 6.45) is 0.911. The van der Waals surface area contributed by atoms with Gasteiger partial charge < -0.3 is 15.0 Å². The van der Waals surface area contributed by atoms with Gasteiger partial charge in [-0.25, -0.2) is 9.97 Å². The molecule has 0 fully saturated rings. The van der Waals surface area contributed by atoms with Crippen molar-refractivity contribution in [3.05, 3.63) is 42.2 Å². The molecule has 3 N–H and O–H groups in total. The number of nitrogens with one attached hydrogen (secondary N) is 2. The fourth-order valence-electron chi connectivity index (χ4n) is 2.48. The first kappa shape index (κ1) is 16.1. The Bertz CT molecular complexity index is 853. The fourth-order valence-corrected chi connectivity index (χ4v) is 2.48. The van der Waals surface area contributed by atoms with Gasteiger partial charge in [-0.2, -0.15) is 5.10 Å². The molecule has 3 unspecified atom stereocenters. The molecule has 0 aliphatic carbocycles. The molecule has 0 bridgehead atoms. The predicted octanol–water partition coefficient (Wildman–Crippen LogP) is 1.65. The lowest BCUT2D eigenvalue weighted by Crippen LogP contribution is -2.33. The van der Waals surface area contributed by atoms with Crippen LogP contribution < -0.4 is 5.32 Å². The number of para-hydroxylation sites is 2. The number of aliphatic hydroxyl groups excluding tert-OH is 1. The van der Waals surface area contributed by atoms with Crippen molar-refractivity contribution in [2.24, 2.45) is 0 Å². The van der Waals surface area contributed by atoms with Crippen LogP contribution in [0.2, 0.25) is 0 Å². The molecule has 2 heterocycles. The summed E-state index contributed by atoms with van der Waals surface area (Å²) in [7, 11) is 0. The van der Waals surface area contributed by atoms with Crippen LogP contribution in [-0.4, -0.2) is 35.7 Å². The number of nitrogens with zero attached hydrogens (tertiary/aromatic N) is 4. The number of rotatable bonds is 5. The van der Waals surface area contributed by atoms with Crippen LogP contribution in [0.1, 0.15) is 50.6 Å². The molecule has 0 radical (unpaired) electrons. The number of hydrogen-bond acceptors (Lipinski definition) is 5. The van der Waals surface area contributed by atoms with Crippen LogP contribution in [0.4, 0.5) is 0 Å². The van der Waals surface area contributed by atoms with E-state index in [-0.39, 0.29) is 11.9 Å². The first-order valence-corrected chi connectivity index (χ1v) is 7.79. The van der Waals surface area contributed by atoms with E-state index in [1.165, 1.54) is 0 Å². The van der Waals surface area contributed by atoms with Crippen LogP contribution in [0.3, 0.4) is 0 Å². The van der Waals surface area contributed by atoms with Crippen molar-refractivity contribution in [3.63, 3.8) is 0 Å². The van der Waals surface area contributed by atoms with E-state index >= 15 is 0 Å². The molecule has 1 amide bonds. The maximum absolute atomic E-state index is 12.5. The number of aromatic amines is 1. The Kier molecular flexibility index (Phi) is 4.30. The van der Waals surface area contributed by atoms with Gasteiger partial charge in [0.15, 0.2) is 5.82 Å². The molecule has 2 aromatic heterocycles. The van der Waals surface area contributed by atoms with Crippen molar-refractivity contribution in [1.82, 2.24) is 30.0 Å². The van der Waals surface area contributed by atoms with Gasteiger partial charge in [-0.15, -0.1) is 0 Å². The zero-order chi connectivity index (χ0) is 17.3. The minimum atomic E-state index is -0.755. The molecular formula is C16H20N6O2. The molecular weight excluding hydrogens is 308 g/mol. The average Bonchev–Trinajstić information content (AvgIpc) is 3.21. The van der Waals surface area contributed by atoms with Crippen molar-refractivity contribution in [3.8, 4) is 0 Å². The Labute approximate surface area is 138 Å². The number of amides is 1. The smallest absolute Gasteiger partial charge is 0.243 e. The predicted molar refractivity (Wildman–Crippen MR) is 88.0 cm³/mol. The van der Waals surface area contributed by atoms with E-state index in [2.05, 4.69) is 25.5 Å². The summed E-state index contributed by atoms with van der Waals surface area (Å²) in [5.74, 6) is 0.655. The lowest BCUT2D eigenvalue weighted by Gasteiger charge is -2.17. The summed E-state index contributed by atoms with van der Waals surface area (Å²) in [4.78, 5) is 21.0. The van der Waals surface area contributed by atoms with Crippen LogP contribution >= 0.6 is 0 Å². The highest BCUT2D eigenvalue weighted by Gasteiger charge is 2.21. The maximum atomic E-state index is 12.5. The fraction of sp³-hybridized carbons (Fsp3) is 0.375. The van der Waals surface area contributed by atoms with E-state index in [9.17, 15) is 9.90 Å². The number of aliphatic hydroxyl groups is 1. The minimum absolute atomic E-state index is 0.152. The summed E-state index contributed by atoms with van der Waals surface area (Å²) in [5.41, 5.74) is 1.76. The van der Waals surface area contributed by atoms with Crippen LogP contribution in [-0.2, 0) is 4.79 Å². The largest absolute Gasteiger partial charge is 0.385 e. The SMILES string of the molecule is CC(O)c1n[nH]c(C(C)NC(=O)C(C)n2cnc3ccccc32)n1. The van der Waals surface area contributed by atoms with Crippen molar-refractivity contribution in [2.45, 2.75) is 39.0 Å². The molecule has 1 aromatic carbocycles. The minimum Gasteiger partial charge on any atom is -0.385 e. The summed E-state index contributed by atoms with van der Waals surface area (Å²) in [6.45, 7) is 5.21. The highest BCUT2D eigenvalue weighted by atomic mass is 16.3. The quantitative estimate of drug-likeness (QED) is 0.660. The van der Waals surface area contributed by atoms with Gasteiger partial charge in [-0.1, -0.05) is 12.1 Å². The standard InChI is InChI=1S/C16H20N6O2/c1-9(14-19-15(11(3)23)21-20-14)18-16(24)10(2)22-8-17-12-6-4-5-7-13(12)22/h4-11,23H,1-3H3,(H,18,24)(H,19,20,21). The molecule has 0 saturated carbocycles. The highest BCUT2D eigenvalue weighted by molar-refractivity contribution is 5.83. The third-order valence-electron chi connectivity index (χ3n) is 3.94. The second-order valence-electron chi connectivity index (χ2n) is 5.80. The summed E-state index contributed by atoms with van der Waals surface area (Å²) < 4.78 is 1.83. The molecule has 0 saturated heterocycles. The normalized spacial score (nSPS) is 15.2. The summed E-state index contributed by atoms with van der Waals surface area (Å²) in [5, 5.41) is 19.0. The first-order chi connectivity index (χ1) is 11.5. The number of aromatic nitrogens is 5. The zero-order valence-corrected chi connectivity index (χ0v) is 13.8. The average molecular weight is 328 g/mol. The number of H-pyrrole nitrogens is 1. The van der Waals surface area contributed by atoms with Crippen molar-refractivity contribution in [1.29, 1.82) is 0 Å². The van der Waals surface area contributed by atoms with Crippen LogP contribution in [0, 0.1) is 0 Å². The van der Waals surface area contributed by atoms with Crippen LogP contribution in [0.25, 0.3) is 11.0 Å². The van der Waals surface area contributed by atoms with E-state index in [1.807, 2.05) is 42.7 Å². The van der Waals surface area contributed by atoms with Crippen molar-refractivity contribution < 1.29 is 9.90 Å². The Morgan fingerprint density at radius 3 is 2.75 bits per heavy atom. The van der Waals surface area contributed by atoms with Crippen molar-refractivity contribution in [2.75, 3.05) is 0 Å². The molecule has 0 aliphatic rings. The van der Waals surface area contributed by atoms with Gasteiger partial charge in [-0.3, -0.25) is 9.89 Å². The highest BCUT2D eigenvalue weighted by Crippen LogP contribution is 2.18. The number of carbonyl (C=O) groups is 1. The Hall–Kier alpha value is -2.74. The van der Waals surface area contributed by atoms with Crippen LogP contribution in [0.5, 0.6) is 0 Å². The number of imidazole rings is 1. The maximum Gasteiger partial charge on any atom is 0.243 e. The second kappa shape index (κ2) is 6.40. The Balaban J connectivity index is 1.73. The van der Waals surface area contributed by atoms with E-state index in [4.69, 9.17) is 0 Å². The number of carbonyl (C=O) groups excluding carboxylic acids is 1. The molecule has 8 heteroatoms. The molecule has 24 heavy (non-hydrogen) atoms. The third-order valence-corrected chi connectivity index (χ3v) is 3.94. The van der Waals surface area contributed by atoms with Gasteiger partial charge in [0.2, 0.25) is 5.91 Å². The zero-order valence-electron chi connectivity index (χ0n) is 13.8. The van der Waals surface area contributed by atoms with Gasteiger partial charge in [0.25, 0.3) is 0 Å². The first-order valence-electron chi connectivity index (χ1n) is 7.79. The molecule has 126 valence electrons. The molecule has 0 aliphatic heterocycles. The third kappa shape index (κ3) is 3.00.